The average Bonchev–Trinajstić information content (AvgIpc) is 1.59. The maximum absolute atomic E-state index is 13.5. The van der Waals surface area contributed by atoms with E-state index in [9.17, 15) is 51.6 Å². The van der Waals surface area contributed by atoms with Gasteiger partial charge in [-0.3, -0.25) is 10.1 Å². The quantitative estimate of drug-likeness (QED) is 0.0409. The van der Waals surface area contributed by atoms with Gasteiger partial charge in [-0.15, -0.1) is 31.2 Å². The van der Waals surface area contributed by atoms with Crippen molar-refractivity contribution in [2.24, 2.45) is 11.5 Å². The number of anilines is 1. The summed E-state index contributed by atoms with van der Waals surface area (Å²) >= 11 is 0. The first-order valence-corrected chi connectivity index (χ1v) is 41.3. The molecule has 0 saturated carbocycles. The summed E-state index contributed by atoms with van der Waals surface area (Å²) in [6.07, 6.45) is 14.0. The Morgan fingerprint density at radius 2 is 0.792 bits per heavy atom. The number of aromatic hydroxyl groups is 2. The number of nitro groups is 1. The zero-order valence-corrected chi connectivity index (χ0v) is 60.3. The van der Waals surface area contributed by atoms with Gasteiger partial charge in [0.1, 0.15) is 81.0 Å². The van der Waals surface area contributed by atoms with E-state index < -0.39 is 42.6 Å². The number of nitroso groups, excluding NO2 is 1. The number of non-ortho nitro benzene ring substituents is 1. The second-order valence-corrected chi connectivity index (χ2v) is 35.6. The highest BCUT2D eigenvalue weighted by Crippen LogP contribution is 2.56. The summed E-state index contributed by atoms with van der Waals surface area (Å²) < 4.78 is 83.5. The van der Waals surface area contributed by atoms with E-state index in [2.05, 4.69) is 145 Å². The predicted octanol–water partition coefficient (Wildman–Crippen LogP) is 27.5. The Hall–Kier alpha value is -8.93. The number of phenolic OH excluding ortho intramolecular Hbond substituents is 2. The number of phenols is 2. The van der Waals surface area contributed by atoms with Gasteiger partial charge in [-0.25, -0.2) is 5.43 Å². The van der Waals surface area contributed by atoms with E-state index in [-0.39, 0.29) is 91.9 Å². The molecule has 106 heavy (non-hydrogen) atoms. The number of nitrogens with one attached hydrogen (secondary N) is 1. The van der Waals surface area contributed by atoms with Crippen molar-refractivity contribution >= 4 is 168 Å². The number of thiophene rings is 3. The number of alkyl halides is 6. The molecule has 16 rings (SSSR count). The third-order valence-corrected chi connectivity index (χ3v) is 27.7. The lowest BCUT2D eigenvalue weighted by Gasteiger charge is -2.04. The summed E-state index contributed by atoms with van der Waals surface area (Å²) in [4.78, 5) is 23.0. The maximum Gasteiger partial charge on any atom is 0.601 e. The van der Waals surface area contributed by atoms with Crippen LogP contribution in [0.5, 0.6) is 11.5 Å². The molecule has 1 atom stereocenters. The van der Waals surface area contributed by atoms with Crippen LogP contribution < -0.4 is 5.43 Å². The van der Waals surface area contributed by atoms with Crippen LogP contribution in [0.4, 0.5) is 37.7 Å². The molecule has 1 saturated heterocycles. The fraction of sp³-hybridized carbons (Fsp3) is 0.224. The molecule has 4 N–H and O–H groups in total. The highest BCUT2D eigenvalue weighted by Gasteiger charge is 2.49. The molecular weight excluding hydrogens is 1470 g/mol. The van der Waals surface area contributed by atoms with Gasteiger partial charge in [0.15, 0.2) is 38.0 Å². The van der Waals surface area contributed by atoms with Crippen LogP contribution in [0, 0.1) is 15.0 Å². The van der Waals surface area contributed by atoms with Crippen molar-refractivity contribution in [2.75, 3.05) is 49.1 Å². The van der Waals surface area contributed by atoms with Crippen LogP contribution in [-0.4, -0.2) is 63.9 Å². The molecule has 1 fully saturated rings. The molecule has 560 valence electrons. The number of aliphatic hydroxyl groups excluding tert-OH is 1. The van der Waals surface area contributed by atoms with Crippen LogP contribution in [0.25, 0.3) is 92.8 Å². The Kier molecular flexibility index (Phi) is 33.9. The number of nitrogens with zero attached hydrogens (tertiary/aromatic N) is 2. The molecule has 4 heterocycles. The van der Waals surface area contributed by atoms with Crippen LogP contribution in [0.3, 0.4) is 0 Å². The third kappa shape index (κ3) is 20.4. The van der Waals surface area contributed by atoms with Gasteiger partial charge in [-0.1, -0.05) is 166 Å². The fourth-order valence-corrected chi connectivity index (χ4v) is 22.3. The number of rotatable bonds is 7. The first kappa shape index (κ1) is 89.5. The second-order valence-electron chi connectivity index (χ2n) is 23.3. The van der Waals surface area contributed by atoms with Gasteiger partial charge in [-0.05, 0) is 154 Å². The van der Waals surface area contributed by atoms with Gasteiger partial charge < -0.3 is 15.3 Å². The Labute approximate surface area is 635 Å². The monoisotopic (exact) mass is 1560 g/mol. The van der Waals surface area contributed by atoms with E-state index in [1.54, 1.807) is 60.7 Å². The molecule has 0 bridgehead atoms. The minimum Gasteiger partial charge on any atom is -0.507 e. The summed E-state index contributed by atoms with van der Waals surface area (Å²) in [6, 6.07) is 77.7. The van der Waals surface area contributed by atoms with Crippen molar-refractivity contribution in [1.82, 2.24) is 0 Å². The van der Waals surface area contributed by atoms with Crippen molar-refractivity contribution < 1.29 is 46.6 Å². The third-order valence-electron chi connectivity index (χ3n) is 16.7. The maximum atomic E-state index is 13.5. The van der Waals surface area contributed by atoms with E-state index in [0.717, 1.165) is 23.9 Å². The fourth-order valence-electron chi connectivity index (χ4n) is 12.2. The summed E-state index contributed by atoms with van der Waals surface area (Å²) in [6.45, 7) is 0. The Balaban J connectivity index is 0.000000267. The van der Waals surface area contributed by atoms with Gasteiger partial charge in [0.25, 0.3) is 5.69 Å². The van der Waals surface area contributed by atoms with E-state index >= 15 is 0 Å². The van der Waals surface area contributed by atoms with Crippen molar-refractivity contribution in [1.29, 1.82) is 0 Å². The highest BCUT2D eigenvalue weighted by molar-refractivity contribution is 7.96. The molecule has 1 aliphatic rings. The lowest BCUT2D eigenvalue weighted by atomic mass is 10.1. The lowest BCUT2D eigenvalue weighted by molar-refractivity contribution is -0.384. The van der Waals surface area contributed by atoms with Crippen LogP contribution in [0.15, 0.2) is 264 Å². The first-order chi connectivity index (χ1) is 48.1. The highest BCUT2D eigenvalue weighted by atomic mass is 32.2. The molecule has 0 aliphatic carbocycles. The predicted molar refractivity (Wildman–Crippen MR) is 460 cm³/mol. The lowest BCUT2D eigenvalue weighted by Crippen LogP contribution is -2.06. The zero-order valence-electron chi connectivity index (χ0n) is 55.4. The second kappa shape index (κ2) is 40.1. The largest absolute Gasteiger partial charge is 0.601 e. The first-order valence-electron chi connectivity index (χ1n) is 31.4. The molecule has 1 unspecified atom stereocenters. The normalized spacial score (nSPS) is 11.7. The van der Waals surface area contributed by atoms with E-state index in [1.807, 2.05) is 48.5 Å². The van der Waals surface area contributed by atoms with Crippen molar-refractivity contribution in [3.05, 3.63) is 269 Å². The van der Waals surface area contributed by atoms with Crippen molar-refractivity contribution in [2.45, 2.75) is 84.0 Å². The Bertz CT molecular complexity index is 5180. The summed E-state index contributed by atoms with van der Waals surface area (Å²) in [5, 5.41) is 51.5. The van der Waals surface area contributed by atoms with Crippen molar-refractivity contribution in [3.63, 3.8) is 0 Å². The number of hydrogen-bond acceptors (Lipinski definition) is 7. The molecule has 21 heteroatoms. The van der Waals surface area contributed by atoms with Crippen LogP contribution in [0.1, 0.15) is 63.0 Å². The summed E-state index contributed by atoms with van der Waals surface area (Å²) in [5.74, 6) is 4.98. The molecule has 9 nitrogen and oxygen atoms in total. The number of aliphatic hydroxyl groups is 1. The molecule has 12 aromatic carbocycles. The number of nitro benzene ring substituents is 1. The minimum absolute atomic E-state index is 0. The Morgan fingerprint density at radius 3 is 1.22 bits per heavy atom. The van der Waals surface area contributed by atoms with Crippen LogP contribution in [0.2, 0.25) is 0 Å². The van der Waals surface area contributed by atoms with Crippen LogP contribution >= 0.6 is 31.4 Å². The topological polar surface area (TPSA) is 145 Å². The minimum atomic E-state index is -4.59. The zero-order chi connectivity index (χ0) is 71.4. The van der Waals surface area contributed by atoms with Crippen LogP contribution in [-0.2, 0) is 55.7 Å². The number of hydrogen-bond donors (Lipinski definition) is 4. The van der Waals surface area contributed by atoms with E-state index in [1.165, 1.54) is 118 Å². The molecule has 0 amide bonds. The molecule has 0 spiro atoms. The Morgan fingerprint density at radius 1 is 0.434 bits per heavy atom. The SMILES string of the molecule is C.C.C.C.C.C.CO.C[S+](C)c1ccc(O)c2ccccc12.C[S+](C)c1ccc(O)c2ccccc12.C[s+]1c2ccccc2c2ccccc21.FC(F)(F)[s+]1c2ccccc2c2ccccc21.O=NNc1ccc2c3ccc([N+](=O)[O-])cc3[s+](C(F)(F)F)c2c1.c1ccc2cc(C[S+]3CCCC3)ccc2c1. The molecular formula is C85H97F6N3O6S6+6. The number of aryl methyl sites for hydroxylation is 1. The molecule has 15 aromatic rings. The summed E-state index contributed by atoms with van der Waals surface area (Å²) in [7, 11) is -1.71. The smallest absolute Gasteiger partial charge is 0.507 e. The van der Waals surface area contributed by atoms with Gasteiger partial charge in [-0.2, -0.15) is 0 Å². The van der Waals surface area contributed by atoms with Gasteiger partial charge in [0.2, 0.25) is 0 Å². The standard InChI is InChI=1S/C15H17S.C13H6F3N3O3S.C13H8F3S.C13H11S.2C12H12OS.CH4O.6CH4/c1-2-6-15-11-13(7-8-14(15)5-1)12-16-9-3-4-10-16;14-13(15,16)23-11-5-7(17-18-20)1-3-9(11)10-4-2-8(19(21)22)6-12(10)23;14-13(15,16)17-11-7-3-1-5-9(11)10-6-2-4-8-12(10)17;1-14-12-8-4-2-6-10(12)11-7-3-5-9-13(11)14;2*1-14(2)12-8-7-11(13)9-5-3-4-6-10(9)12;1-2;;;;;;/h1-2,5-8,11H,3-4,9-10,12H2;1-6H;1-8H;2-9H,1H3;2*3-8H,1-2H3;2H,1H3;6*1H4/q+1;;2*+1;;;;;;;;;/p+3. The van der Waals surface area contributed by atoms with E-state index in [4.69, 9.17) is 5.11 Å². The average molecular weight is 1560 g/mol. The van der Waals surface area contributed by atoms with E-state index in [0.29, 0.717) is 53.3 Å². The van der Waals surface area contributed by atoms with Gasteiger partial charge in [0, 0.05) is 100 Å². The summed E-state index contributed by atoms with van der Waals surface area (Å²) in [5.41, 5.74) is -5.47. The number of benzene rings is 12. The number of fused-ring (bicyclic) bond motifs is 12. The van der Waals surface area contributed by atoms with Crippen molar-refractivity contribution in [3.8, 4) is 11.5 Å². The molecule has 3 aromatic heterocycles. The van der Waals surface area contributed by atoms with Gasteiger partial charge >= 0.3 is 11.0 Å². The molecule has 1 aliphatic heterocycles. The number of halogens is 6. The molecule has 0 radical (unpaired) electrons. The van der Waals surface area contributed by atoms with Gasteiger partial charge in [0.05, 0.1) is 22.0 Å².